The van der Waals surface area contributed by atoms with Gasteiger partial charge in [-0.1, -0.05) is 52.7 Å². The molecule has 0 unspecified atom stereocenters. The highest BCUT2D eigenvalue weighted by Crippen LogP contribution is 2.31. The van der Waals surface area contributed by atoms with Crippen molar-refractivity contribution in [1.29, 1.82) is 0 Å². The second-order valence-electron chi connectivity index (χ2n) is 14.2. The molecule has 5 N–H and O–H groups in total. The molecular formula is C38H57N7O9S. The van der Waals surface area contributed by atoms with E-state index in [1.54, 1.807) is 29.2 Å². The fourth-order valence-electron chi connectivity index (χ4n) is 6.53. The Bertz CT molecular complexity index is 1590. The summed E-state index contributed by atoms with van der Waals surface area (Å²) in [5.74, 6) is -2.94. The molecule has 1 fully saturated rings. The maximum absolute atomic E-state index is 14.4. The van der Waals surface area contributed by atoms with Gasteiger partial charge in [-0.25, -0.2) is 9.78 Å². The number of nitrogens with zero attached hydrogens (tertiary/aromatic N) is 3. The number of methoxy groups -OCH3 is 2. The lowest BCUT2D eigenvalue weighted by Crippen LogP contribution is -2.59. The molecule has 0 radical (unpaired) electrons. The molecule has 17 heteroatoms. The first-order valence-corrected chi connectivity index (χ1v) is 19.5. The van der Waals surface area contributed by atoms with Crippen LogP contribution in [0.25, 0.3) is 0 Å². The van der Waals surface area contributed by atoms with Gasteiger partial charge < -0.3 is 40.7 Å². The SMILES string of the molecule is CC[C@H](C)[C@H](NC(=O)[C@H]1CCCCN1C)C(=O)N(COC)[C@H](C[C@@H](OC)c1nc(C(=O)N[C@@H](Cc2ccc(NC(=O)CNC=O)cc2)C(=O)O)cs1)C(C)C. The highest BCUT2D eigenvalue weighted by Gasteiger charge is 2.38. The Morgan fingerprint density at radius 1 is 1.09 bits per heavy atom. The highest BCUT2D eigenvalue weighted by atomic mass is 32.1. The van der Waals surface area contributed by atoms with Gasteiger partial charge in [0.15, 0.2) is 0 Å². The molecule has 1 aromatic heterocycles. The number of carbonyl (C=O) groups is 6. The number of thiazole rings is 1. The number of aromatic nitrogens is 1. The number of anilines is 1. The number of amides is 5. The van der Waals surface area contributed by atoms with Crippen LogP contribution >= 0.6 is 11.3 Å². The van der Waals surface area contributed by atoms with Crippen LogP contribution in [0.3, 0.4) is 0 Å². The molecule has 6 atom stereocenters. The number of carboxylic acids is 1. The third-order valence-electron chi connectivity index (χ3n) is 9.97. The average Bonchev–Trinajstić information content (AvgIpc) is 3.66. The molecule has 1 aliphatic rings. The molecule has 5 amide bonds. The largest absolute Gasteiger partial charge is 0.480 e. The highest BCUT2D eigenvalue weighted by molar-refractivity contribution is 7.09. The summed E-state index contributed by atoms with van der Waals surface area (Å²) in [6.45, 7) is 8.54. The van der Waals surface area contributed by atoms with Crippen molar-refractivity contribution < 1.29 is 43.3 Å². The van der Waals surface area contributed by atoms with Crippen molar-refractivity contribution in [2.45, 2.75) is 96.5 Å². The lowest BCUT2D eigenvalue weighted by molar-refractivity contribution is -0.148. The van der Waals surface area contributed by atoms with Crippen molar-refractivity contribution in [2.24, 2.45) is 11.8 Å². The minimum absolute atomic E-state index is 0.0113. The van der Waals surface area contributed by atoms with E-state index < -0.39 is 42.0 Å². The number of carboxylic acid groups (broad SMARTS) is 1. The lowest BCUT2D eigenvalue weighted by atomic mass is 9.92. The van der Waals surface area contributed by atoms with Gasteiger partial charge in [-0.05, 0) is 56.0 Å². The Labute approximate surface area is 327 Å². The predicted molar refractivity (Wildman–Crippen MR) is 207 cm³/mol. The molecule has 304 valence electrons. The third kappa shape index (κ3) is 13.1. The number of hydrogen-bond donors (Lipinski definition) is 5. The number of rotatable bonds is 22. The number of benzene rings is 1. The van der Waals surface area contributed by atoms with E-state index in [4.69, 9.17) is 9.47 Å². The van der Waals surface area contributed by atoms with Crippen LogP contribution in [0, 0.1) is 11.8 Å². The fourth-order valence-corrected chi connectivity index (χ4v) is 7.41. The van der Waals surface area contributed by atoms with E-state index in [9.17, 15) is 33.9 Å². The summed E-state index contributed by atoms with van der Waals surface area (Å²) < 4.78 is 11.4. The van der Waals surface area contributed by atoms with Crippen molar-refractivity contribution in [3.63, 3.8) is 0 Å². The van der Waals surface area contributed by atoms with Crippen LogP contribution in [-0.4, -0.2) is 121 Å². The van der Waals surface area contributed by atoms with Crippen molar-refractivity contribution in [3.8, 4) is 0 Å². The molecule has 3 rings (SSSR count). The van der Waals surface area contributed by atoms with Crippen LogP contribution in [0.1, 0.15) is 87.0 Å². The van der Waals surface area contributed by atoms with Gasteiger partial charge in [0, 0.05) is 44.2 Å². The zero-order valence-electron chi connectivity index (χ0n) is 32.8. The van der Waals surface area contributed by atoms with E-state index in [-0.39, 0.29) is 55.1 Å². The van der Waals surface area contributed by atoms with Gasteiger partial charge >= 0.3 is 5.97 Å². The van der Waals surface area contributed by atoms with Crippen molar-refractivity contribution in [2.75, 3.05) is 46.4 Å². The van der Waals surface area contributed by atoms with Crippen LogP contribution in [0.2, 0.25) is 0 Å². The summed E-state index contributed by atoms with van der Waals surface area (Å²) in [5.41, 5.74) is 1.08. The number of likely N-dealkylation sites (tertiary alicyclic amines) is 1. The predicted octanol–water partition coefficient (Wildman–Crippen LogP) is 2.80. The zero-order valence-corrected chi connectivity index (χ0v) is 33.6. The monoisotopic (exact) mass is 787 g/mol. The van der Waals surface area contributed by atoms with Crippen LogP contribution in [0.4, 0.5) is 5.69 Å². The number of likely N-dealkylation sites (N-methyl/N-ethyl adjacent to an activating group) is 1. The molecule has 16 nitrogen and oxygen atoms in total. The van der Waals surface area contributed by atoms with E-state index in [0.29, 0.717) is 35.5 Å². The van der Waals surface area contributed by atoms with Gasteiger partial charge in [0.2, 0.25) is 24.1 Å². The molecule has 0 saturated carbocycles. The average molecular weight is 788 g/mol. The van der Waals surface area contributed by atoms with Gasteiger partial charge in [-0.3, -0.25) is 28.9 Å². The molecular weight excluding hydrogens is 731 g/mol. The Balaban J connectivity index is 1.74. The molecule has 0 aliphatic carbocycles. The number of piperidine rings is 1. The maximum Gasteiger partial charge on any atom is 0.326 e. The summed E-state index contributed by atoms with van der Waals surface area (Å²) in [7, 11) is 4.97. The van der Waals surface area contributed by atoms with Gasteiger partial charge in [0.25, 0.3) is 5.91 Å². The number of aliphatic carboxylic acids is 1. The number of hydrogen-bond acceptors (Lipinski definition) is 11. The van der Waals surface area contributed by atoms with E-state index in [0.717, 1.165) is 25.8 Å². The summed E-state index contributed by atoms with van der Waals surface area (Å²) in [6.07, 6.45) is 3.47. The molecule has 1 saturated heterocycles. The standard InChI is InChI=1S/C38H57N7O9S/c1-8-24(4)33(43-35(49)29-11-9-10-16-44(29)5)37(50)45(22-53-6)30(23(2)3)18-31(54-7)36-42-28(20-55-36)34(48)41-27(38(51)52)17-25-12-14-26(15-13-25)40-32(47)19-39-21-46/h12-15,20-21,23-24,27,29-31,33H,8-11,16-19,22H2,1-7H3,(H,39,46)(H,40,47)(H,41,48)(H,43,49)(H,51,52)/t24-,27-,29+,30+,31+,33-/m0/s1. The van der Waals surface area contributed by atoms with Crippen LogP contribution in [-0.2, 0) is 39.9 Å². The third-order valence-corrected chi connectivity index (χ3v) is 10.9. The normalized spacial score (nSPS) is 17.3. The topological polar surface area (TPSA) is 209 Å². The summed E-state index contributed by atoms with van der Waals surface area (Å²) in [4.78, 5) is 83.8. The second-order valence-corrected chi connectivity index (χ2v) is 15.1. The van der Waals surface area contributed by atoms with Crippen LogP contribution in [0.15, 0.2) is 29.6 Å². The van der Waals surface area contributed by atoms with Gasteiger partial charge in [-0.15, -0.1) is 11.3 Å². The molecule has 55 heavy (non-hydrogen) atoms. The molecule has 2 heterocycles. The van der Waals surface area contributed by atoms with Crippen molar-refractivity contribution in [1.82, 2.24) is 30.7 Å². The van der Waals surface area contributed by atoms with Gasteiger partial charge in [-0.2, -0.15) is 0 Å². The van der Waals surface area contributed by atoms with E-state index in [1.807, 2.05) is 39.6 Å². The molecule has 0 bridgehead atoms. The number of ether oxygens (including phenoxy) is 2. The first-order valence-electron chi connectivity index (χ1n) is 18.6. The number of carbonyl (C=O) groups excluding carboxylic acids is 5. The zero-order chi connectivity index (χ0) is 40.7. The van der Waals surface area contributed by atoms with Crippen LogP contribution in [0.5, 0.6) is 0 Å². The summed E-state index contributed by atoms with van der Waals surface area (Å²) >= 11 is 1.19. The Morgan fingerprint density at radius 2 is 1.80 bits per heavy atom. The van der Waals surface area contributed by atoms with E-state index in [1.165, 1.54) is 30.9 Å². The number of nitrogens with one attached hydrogen (secondary N) is 4. The van der Waals surface area contributed by atoms with E-state index >= 15 is 0 Å². The lowest BCUT2D eigenvalue weighted by Gasteiger charge is -2.39. The summed E-state index contributed by atoms with van der Waals surface area (Å²) in [5, 5.41) is 22.4. The molecule has 2 aromatic rings. The van der Waals surface area contributed by atoms with E-state index in [2.05, 4.69) is 26.3 Å². The first-order chi connectivity index (χ1) is 26.2. The van der Waals surface area contributed by atoms with Crippen molar-refractivity contribution >= 4 is 53.0 Å². The van der Waals surface area contributed by atoms with Crippen molar-refractivity contribution in [3.05, 3.63) is 45.9 Å². The molecule has 0 spiro atoms. The maximum atomic E-state index is 14.4. The molecule has 1 aliphatic heterocycles. The van der Waals surface area contributed by atoms with Gasteiger partial charge in [0.1, 0.15) is 35.6 Å². The first kappa shape index (κ1) is 44.9. The Kier molecular flexibility index (Phi) is 18.1. The molecule has 1 aromatic carbocycles. The van der Waals surface area contributed by atoms with Crippen LogP contribution < -0.4 is 21.3 Å². The summed E-state index contributed by atoms with van der Waals surface area (Å²) in [6, 6.07) is 3.71. The fraction of sp³-hybridized carbons (Fsp3) is 0.605. The second kappa shape index (κ2) is 22.2. The minimum Gasteiger partial charge on any atom is -0.480 e. The minimum atomic E-state index is -1.27. The smallest absolute Gasteiger partial charge is 0.326 e. The Hall–Kier alpha value is -4.45. The van der Waals surface area contributed by atoms with Gasteiger partial charge in [0.05, 0.1) is 12.6 Å². The quantitative estimate of drug-likeness (QED) is 0.0866. The Morgan fingerprint density at radius 3 is 2.38 bits per heavy atom.